The number of rotatable bonds is 4. The molecule has 0 heterocycles. The third kappa shape index (κ3) is 17.1. The fourth-order valence-electron chi connectivity index (χ4n) is 0.625. The molecule has 0 saturated carbocycles. The van der Waals surface area contributed by atoms with Gasteiger partial charge in [-0.2, -0.15) is 0 Å². The Morgan fingerprint density at radius 2 is 2.07 bits per heavy atom. The van der Waals surface area contributed by atoms with Crippen LogP contribution >= 0.6 is 0 Å². The molecule has 3 N–H and O–H groups in total. The molecule has 0 aliphatic carbocycles. The molecule has 0 rings (SSSR count). The van der Waals surface area contributed by atoms with Crippen molar-refractivity contribution in [2.75, 3.05) is 6.61 Å². The summed E-state index contributed by atoms with van der Waals surface area (Å²) in [5, 5.41) is 8.08. The predicted molar refractivity (Wildman–Crippen MR) is 56.7 cm³/mol. The molecule has 14 heavy (non-hydrogen) atoms. The summed E-state index contributed by atoms with van der Waals surface area (Å²) in [4.78, 5) is 9.81. The molecular formula is C10H21NO3. The third-order valence-corrected chi connectivity index (χ3v) is 1.19. The van der Waals surface area contributed by atoms with Crippen molar-refractivity contribution >= 4 is 5.97 Å². The molecular weight excluding hydrogens is 182 g/mol. The Morgan fingerprint density at radius 1 is 1.57 bits per heavy atom. The molecule has 0 bridgehead atoms. The van der Waals surface area contributed by atoms with Crippen molar-refractivity contribution in [3.05, 3.63) is 12.0 Å². The zero-order chi connectivity index (χ0) is 11.6. The number of aliphatic carboxylic acids is 1. The summed E-state index contributed by atoms with van der Waals surface area (Å²) in [6.07, 6.45) is 1.73. The third-order valence-electron chi connectivity index (χ3n) is 1.19. The van der Waals surface area contributed by atoms with Gasteiger partial charge >= 0.3 is 5.97 Å². The number of nitrogens with two attached hydrogens (primary N) is 1. The summed E-state index contributed by atoms with van der Waals surface area (Å²) in [7, 11) is 0. The van der Waals surface area contributed by atoms with E-state index < -0.39 is 5.97 Å². The normalized spacial score (nSPS) is 10.5. The Labute approximate surface area is 85.7 Å². The molecule has 0 aliphatic heterocycles. The molecule has 0 aliphatic rings. The average Bonchev–Trinajstić information content (AvgIpc) is 2.03. The number of allylic oxidation sites excluding steroid dienone is 1. The van der Waals surface area contributed by atoms with Crippen LogP contribution in [0.1, 0.15) is 34.1 Å². The Morgan fingerprint density at radius 3 is 2.14 bits per heavy atom. The molecule has 84 valence electrons. The van der Waals surface area contributed by atoms with Gasteiger partial charge in [-0.15, -0.1) is 0 Å². The molecule has 0 saturated heterocycles. The summed E-state index contributed by atoms with van der Waals surface area (Å²) in [6.45, 7) is 8.21. The zero-order valence-electron chi connectivity index (χ0n) is 9.41. The minimum atomic E-state index is -0.713. The average molecular weight is 203 g/mol. The van der Waals surface area contributed by atoms with Gasteiger partial charge < -0.3 is 15.6 Å². The van der Waals surface area contributed by atoms with E-state index in [0.717, 1.165) is 5.76 Å². The van der Waals surface area contributed by atoms with Gasteiger partial charge in [0.15, 0.2) is 0 Å². The summed E-state index contributed by atoms with van der Waals surface area (Å²) in [6, 6.07) is 0. The lowest BCUT2D eigenvalue weighted by molar-refractivity contribution is -0.137. The quantitative estimate of drug-likeness (QED) is 0.685. The number of ether oxygens (including phenoxy) is 1. The standard InChI is InChI=1S/C5H11NO.C5H10O2/c1-3-7-5(2)4-6;1-4(2)3-5(6)7/h4H,3,6H2,1-2H3;4H,3H2,1-2H3,(H,6,7). The van der Waals surface area contributed by atoms with Crippen molar-refractivity contribution in [3.8, 4) is 0 Å². The molecule has 0 unspecified atom stereocenters. The van der Waals surface area contributed by atoms with Gasteiger partial charge in [-0.3, -0.25) is 4.79 Å². The molecule has 4 nitrogen and oxygen atoms in total. The molecule has 0 fully saturated rings. The topological polar surface area (TPSA) is 72.5 Å². The Balaban J connectivity index is 0. The lowest BCUT2D eigenvalue weighted by atomic mass is 10.1. The molecule has 0 aromatic rings. The number of hydrogen-bond acceptors (Lipinski definition) is 3. The van der Waals surface area contributed by atoms with Gasteiger partial charge in [-0.25, -0.2) is 0 Å². The molecule has 0 aromatic heterocycles. The van der Waals surface area contributed by atoms with Gasteiger partial charge in [0.2, 0.25) is 0 Å². The van der Waals surface area contributed by atoms with Gasteiger partial charge in [0.25, 0.3) is 0 Å². The van der Waals surface area contributed by atoms with Crippen LogP contribution in [-0.2, 0) is 9.53 Å². The van der Waals surface area contributed by atoms with Gasteiger partial charge in [-0.05, 0) is 19.8 Å². The van der Waals surface area contributed by atoms with Crippen molar-refractivity contribution in [1.82, 2.24) is 0 Å². The first-order valence-electron chi connectivity index (χ1n) is 4.67. The second-order valence-electron chi connectivity index (χ2n) is 3.20. The first kappa shape index (κ1) is 15.3. The summed E-state index contributed by atoms with van der Waals surface area (Å²) in [5.74, 6) is 0.343. The van der Waals surface area contributed by atoms with E-state index in [9.17, 15) is 4.79 Å². The summed E-state index contributed by atoms with van der Waals surface area (Å²) < 4.78 is 4.93. The highest BCUT2D eigenvalue weighted by atomic mass is 16.5. The van der Waals surface area contributed by atoms with Crippen molar-refractivity contribution < 1.29 is 14.6 Å². The van der Waals surface area contributed by atoms with E-state index in [1.54, 1.807) is 0 Å². The Hall–Kier alpha value is -1.19. The van der Waals surface area contributed by atoms with Crippen LogP contribution < -0.4 is 5.73 Å². The van der Waals surface area contributed by atoms with Crippen molar-refractivity contribution in [2.24, 2.45) is 11.7 Å². The number of carboxylic acid groups (broad SMARTS) is 1. The monoisotopic (exact) mass is 203 g/mol. The van der Waals surface area contributed by atoms with E-state index in [-0.39, 0.29) is 12.3 Å². The van der Waals surface area contributed by atoms with E-state index in [2.05, 4.69) is 0 Å². The highest BCUT2D eigenvalue weighted by Gasteiger charge is 1.98. The second kappa shape index (κ2) is 9.89. The van der Waals surface area contributed by atoms with Gasteiger partial charge in [0, 0.05) is 12.6 Å². The first-order valence-corrected chi connectivity index (χ1v) is 4.67. The largest absolute Gasteiger partial charge is 0.497 e. The Bertz CT molecular complexity index is 176. The maximum atomic E-state index is 9.81. The van der Waals surface area contributed by atoms with E-state index in [0.29, 0.717) is 6.61 Å². The second-order valence-corrected chi connectivity index (χ2v) is 3.20. The highest BCUT2D eigenvalue weighted by molar-refractivity contribution is 5.66. The van der Waals surface area contributed by atoms with Crippen LogP contribution in [0, 0.1) is 5.92 Å². The minimum absolute atomic E-state index is 0.275. The smallest absolute Gasteiger partial charge is 0.303 e. The minimum Gasteiger partial charge on any atom is -0.497 e. The molecule has 4 heteroatoms. The van der Waals surface area contributed by atoms with Crippen LogP contribution in [0.25, 0.3) is 0 Å². The molecule has 0 amide bonds. The summed E-state index contributed by atoms with van der Waals surface area (Å²) >= 11 is 0. The fraction of sp³-hybridized carbons (Fsp3) is 0.700. The number of carboxylic acids is 1. The van der Waals surface area contributed by atoms with E-state index in [1.807, 2.05) is 27.7 Å². The molecule has 0 atom stereocenters. The van der Waals surface area contributed by atoms with Crippen molar-refractivity contribution in [2.45, 2.75) is 34.1 Å². The maximum Gasteiger partial charge on any atom is 0.303 e. The lowest BCUT2D eigenvalue weighted by Crippen LogP contribution is -1.99. The Kier molecular flexibility index (Phi) is 10.8. The number of carbonyl (C=O) groups is 1. The number of hydrogen-bond donors (Lipinski definition) is 2. The van der Waals surface area contributed by atoms with E-state index >= 15 is 0 Å². The van der Waals surface area contributed by atoms with Crippen LogP contribution in [0.3, 0.4) is 0 Å². The van der Waals surface area contributed by atoms with Crippen LogP contribution in [0.15, 0.2) is 12.0 Å². The van der Waals surface area contributed by atoms with Crippen LogP contribution in [0.5, 0.6) is 0 Å². The van der Waals surface area contributed by atoms with Gasteiger partial charge in [0.05, 0.1) is 6.61 Å². The first-order chi connectivity index (χ1) is 6.43. The van der Waals surface area contributed by atoms with Crippen LogP contribution in [-0.4, -0.2) is 17.7 Å². The van der Waals surface area contributed by atoms with E-state index in [4.69, 9.17) is 15.6 Å². The summed E-state index contributed by atoms with van der Waals surface area (Å²) in [5.41, 5.74) is 5.07. The van der Waals surface area contributed by atoms with Gasteiger partial charge in [0.1, 0.15) is 5.76 Å². The van der Waals surface area contributed by atoms with Crippen molar-refractivity contribution in [1.29, 1.82) is 0 Å². The van der Waals surface area contributed by atoms with Crippen molar-refractivity contribution in [3.63, 3.8) is 0 Å². The van der Waals surface area contributed by atoms with Crippen LogP contribution in [0.4, 0.5) is 0 Å². The molecule has 0 radical (unpaired) electrons. The van der Waals surface area contributed by atoms with Crippen LogP contribution in [0.2, 0.25) is 0 Å². The molecule has 0 aromatic carbocycles. The fourth-order valence-corrected chi connectivity index (χ4v) is 0.625. The highest BCUT2D eigenvalue weighted by Crippen LogP contribution is 1.96. The van der Waals surface area contributed by atoms with E-state index in [1.165, 1.54) is 6.20 Å². The van der Waals surface area contributed by atoms with Gasteiger partial charge in [-0.1, -0.05) is 13.8 Å². The lowest BCUT2D eigenvalue weighted by Gasteiger charge is -1.97. The molecule has 0 spiro atoms. The maximum absolute atomic E-state index is 9.81. The predicted octanol–water partition coefficient (Wildman–Crippen LogP) is 1.96. The zero-order valence-corrected chi connectivity index (χ0v) is 9.41. The SMILES string of the molecule is CC(C)CC(=O)O.CCOC(C)=CN.